The third kappa shape index (κ3) is 1.33. The van der Waals surface area contributed by atoms with E-state index >= 15 is 0 Å². The maximum atomic E-state index is 5.63. The van der Waals surface area contributed by atoms with Crippen molar-refractivity contribution in [2.24, 2.45) is 0 Å². The highest BCUT2D eigenvalue weighted by Crippen LogP contribution is 2.26. The van der Waals surface area contributed by atoms with E-state index in [1.807, 2.05) is 25.1 Å². The minimum atomic E-state index is 0.214. The molecule has 1 aromatic carbocycles. The van der Waals surface area contributed by atoms with Crippen LogP contribution in [0.15, 0.2) is 28.7 Å². The van der Waals surface area contributed by atoms with Crippen LogP contribution in [0.2, 0.25) is 0 Å². The van der Waals surface area contributed by atoms with Gasteiger partial charge in [0, 0.05) is 5.39 Å². The van der Waals surface area contributed by atoms with Crippen molar-refractivity contribution in [1.82, 2.24) is 15.2 Å². The zero-order chi connectivity index (χ0) is 11.1. The van der Waals surface area contributed by atoms with Crippen molar-refractivity contribution >= 4 is 16.9 Å². The standard InChI is InChI=1S/C11H10N4O/c1-6-2-3-8-7(4-6)5-9(16-8)10-13-11(12)15-14-10/h2-5H,1H3,(H3,12,13,14,15). The van der Waals surface area contributed by atoms with Crippen molar-refractivity contribution in [3.63, 3.8) is 0 Å². The van der Waals surface area contributed by atoms with Crippen LogP contribution in [-0.2, 0) is 0 Å². The number of H-pyrrole nitrogens is 1. The molecule has 2 aromatic heterocycles. The van der Waals surface area contributed by atoms with Crippen molar-refractivity contribution in [1.29, 1.82) is 0 Å². The van der Waals surface area contributed by atoms with Gasteiger partial charge < -0.3 is 10.2 Å². The highest BCUT2D eigenvalue weighted by Gasteiger charge is 2.09. The SMILES string of the molecule is Cc1ccc2oc(-c3nc(N)n[nH]3)cc2c1. The lowest BCUT2D eigenvalue weighted by molar-refractivity contribution is 0.625. The summed E-state index contributed by atoms with van der Waals surface area (Å²) in [5, 5.41) is 7.53. The Hall–Kier alpha value is -2.30. The summed E-state index contributed by atoms with van der Waals surface area (Å²) >= 11 is 0. The van der Waals surface area contributed by atoms with Crippen LogP contribution in [0.1, 0.15) is 5.56 Å². The molecule has 0 aliphatic heterocycles. The molecule has 2 heterocycles. The first-order valence-corrected chi connectivity index (χ1v) is 4.91. The van der Waals surface area contributed by atoms with E-state index in [0.29, 0.717) is 11.6 Å². The molecule has 0 aliphatic carbocycles. The number of benzene rings is 1. The van der Waals surface area contributed by atoms with Crippen molar-refractivity contribution < 1.29 is 4.42 Å². The van der Waals surface area contributed by atoms with E-state index in [9.17, 15) is 0 Å². The van der Waals surface area contributed by atoms with Gasteiger partial charge in [-0.05, 0) is 25.1 Å². The number of aromatic nitrogens is 3. The second-order valence-electron chi connectivity index (χ2n) is 3.69. The molecule has 0 spiro atoms. The Labute approximate surface area is 91.3 Å². The van der Waals surface area contributed by atoms with Gasteiger partial charge in [0.05, 0.1) is 0 Å². The largest absolute Gasteiger partial charge is 0.453 e. The van der Waals surface area contributed by atoms with Crippen LogP contribution < -0.4 is 5.73 Å². The number of nitrogens with one attached hydrogen (secondary N) is 1. The quantitative estimate of drug-likeness (QED) is 0.650. The summed E-state index contributed by atoms with van der Waals surface area (Å²) in [6, 6.07) is 7.92. The number of aromatic amines is 1. The van der Waals surface area contributed by atoms with E-state index in [0.717, 1.165) is 11.0 Å². The Morgan fingerprint density at radius 2 is 2.19 bits per heavy atom. The molecule has 16 heavy (non-hydrogen) atoms. The molecule has 5 heteroatoms. The van der Waals surface area contributed by atoms with Crippen molar-refractivity contribution in [2.75, 3.05) is 5.73 Å². The van der Waals surface area contributed by atoms with Gasteiger partial charge in [0.15, 0.2) is 11.6 Å². The van der Waals surface area contributed by atoms with Gasteiger partial charge >= 0.3 is 0 Å². The third-order valence-electron chi connectivity index (χ3n) is 2.41. The maximum Gasteiger partial charge on any atom is 0.239 e. The van der Waals surface area contributed by atoms with Crippen LogP contribution in [-0.4, -0.2) is 15.2 Å². The topological polar surface area (TPSA) is 80.7 Å². The molecule has 0 radical (unpaired) electrons. The predicted octanol–water partition coefficient (Wildman–Crippen LogP) is 2.11. The molecule has 3 rings (SSSR count). The molecule has 0 aliphatic rings. The fraction of sp³-hybridized carbons (Fsp3) is 0.0909. The molecule has 0 saturated heterocycles. The summed E-state index contributed by atoms with van der Waals surface area (Å²) in [5.74, 6) is 1.41. The van der Waals surface area contributed by atoms with E-state index in [1.54, 1.807) is 0 Å². The third-order valence-corrected chi connectivity index (χ3v) is 2.41. The monoisotopic (exact) mass is 214 g/mol. The second kappa shape index (κ2) is 3.10. The zero-order valence-corrected chi connectivity index (χ0v) is 8.69. The summed E-state index contributed by atoms with van der Waals surface area (Å²) in [6.07, 6.45) is 0. The number of hydrogen-bond acceptors (Lipinski definition) is 4. The van der Waals surface area contributed by atoms with Gasteiger partial charge in [-0.15, -0.1) is 5.10 Å². The van der Waals surface area contributed by atoms with Crippen molar-refractivity contribution in [3.8, 4) is 11.6 Å². The fourth-order valence-corrected chi connectivity index (χ4v) is 1.66. The van der Waals surface area contributed by atoms with E-state index < -0.39 is 0 Å². The lowest BCUT2D eigenvalue weighted by Gasteiger charge is -1.89. The molecular weight excluding hydrogens is 204 g/mol. The lowest BCUT2D eigenvalue weighted by Crippen LogP contribution is -1.85. The summed E-state index contributed by atoms with van der Waals surface area (Å²) in [4.78, 5) is 4.02. The number of anilines is 1. The Kier molecular flexibility index (Phi) is 1.73. The number of furan rings is 1. The van der Waals surface area contributed by atoms with E-state index in [4.69, 9.17) is 10.2 Å². The van der Waals surface area contributed by atoms with Gasteiger partial charge in [0.1, 0.15) is 5.58 Å². The Bertz CT molecular complexity index is 653. The molecule has 3 aromatic rings. The maximum absolute atomic E-state index is 5.63. The number of nitrogens with zero attached hydrogens (tertiary/aromatic N) is 2. The zero-order valence-electron chi connectivity index (χ0n) is 8.69. The highest BCUT2D eigenvalue weighted by atomic mass is 16.3. The smallest absolute Gasteiger partial charge is 0.239 e. The normalized spacial score (nSPS) is 11.1. The minimum absolute atomic E-state index is 0.214. The van der Waals surface area contributed by atoms with E-state index in [-0.39, 0.29) is 5.95 Å². The van der Waals surface area contributed by atoms with Gasteiger partial charge in [-0.2, -0.15) is 4.98 Å². The number of hydrogen-bond donors (Lipinski definition) is 2. The number of nitrogens with two attached hydrogens (primary N) is 1. The van der Waals surface area contributed by atoms with Crippen molar-refractivity contribution in [3.05, 3.63) is 29.8 Å². The number of nitrogen functional groups attached to an aromatic ring is 1. The molecule has 5 nitrogen and oxygen atoms in total. The van der Waals surface area contributed by atoms with Crippen LogP contribution in [0.4, 0.5) is 5.95 Å². The Balaban J connectivity index is 2.18. The molecule has 3 N–H and O–H groups in total. The van der Waals surface area contributed by atoms with Gasteiger partial charge in [0.2, 0.25) is 5.95 Å². The Morgan fingerprint density at radius 3 is 2.94 bits per heavy atom. The first-order valence-electron chi connectivity index (χ1n) is 4.91. The number of fused-ring (bicyclic) bond motifs is 1. The van der Waals surface area contributed by atoms with Gasteiger partial charge in [-0.25, -0.2) is 0 Å². The fourth-order valence-electron chi connectivity index (χ4n) is 1.66. The molecule has 0 saturated carbocycles. The molecule has 0 bridgehead atoms. The molecule has 0 unspecified atom stereocenters. The second-order valence-corrected chi connectivity index (χ2v) is 3.69. The van der Waals surface area contributed by atoms with Gasteiger partial charge in [-0.1, -0.05) is 11.6 Å². The summed E-state index contributed by atoms with van der Waals surface area (Å²) in [6.45, 7) is 2.04. The average molecular weight is 214 g/mol. The van der Waals surface area contributed by atoms with Gasteiger partial charge in [0.25, 0.3) is 0 Å². The summed E-state index contributed by atoms with van der Waals surface area (Å²) in [5.41, 5.74) is 7.46. The Morgan fingerprint density at radius 1 is 1.31 bits per heavy atom. The number of rotatable bonds is 1. The highest BCUT2D eigenvalue weighted by molar-refractivity contribution is 5.82. The predicted molar refractivity (Wildman–Crippen MR) is 60.7 cm³/mol. The summed E-state index contributed by atoms with van der Waals surface area (Å²) in [7, 11) is 0. The van der Waals surface area contributed by atoms with Gasteiger partial charge in [-0.3, -0.25) is 5.10 Å². The number of aryl methyl sites for hydroxylation is 1. The molecule has 0 atom stereocenters. The lowest BCUT2D eigenvalue weighted by atomic mass is 10.2. The molecule has 80 valence electrons. The van der Waals surface area contributed by atoms with Crippen LogP contribution in [0.3, 0.4) is 0 Å². The average Bonchev–Trinajstić information content (AvgIpc) is 2.83. The summed E-state index contributed by atoms with van der Waals surface area (Å²) < 4.78 is 5.63. The van der Waals surface area contributed by atoms with Crippen LogP contribution in [0.25, 0.3) is 22.6 Å². The van der Waals surface area contributed by atoms with Crippen molar-refractivity contribution in [2.45, 2.75) is 6.92 Å². The van der Waals surface area contributed by atoms with Crippen LogP contribution in [0, 0.1) is 6.92 Å². The van der Waals surface area contributed by atoms with E-state index in [2.05, 4.69) is 21.2 Å². The first-order chi connectivity index (χ1) is 7.72. The minimum Gasteiger partial charge on any atom is -0.453 e. The molecular formula is C11H10N4O. The van der Waals surface area contributed by atoms with Crippen LogP contribution >= 0.6 is 0 Å². The first kappa shape index (κ1) is 8.96. The molecule has 0 fully saturated rings. The molecule has 0 amide bonds. The van der Waals surface area contributed by atoms with Crippen LogP contribution in [0.5, 0.6) is 0 Å². The van der Waals surface area contributed by atoms with E-state index in [1.165, 1.54) is 5.56 Å².